The van der Waals surface area contributed by atoms with Gasteiger partial charge in [0.05, 0.1) is 16.9 Å². The van der Waals surface area contributed by atoms with E-state index in [4.69, 9.17) is 23.2 Å². The predicted octanol–water partition coefficient (Wildman–Crippen LogP) is 4.80. The summed E-state index contributed by atoms with van der Waals surface area (Å²) in [6.07, 6.45) is 1.49. The van der Waals surface area contributed by atoms with E-state index in [0.717, 1.165) is 28.2 Å². The summed E-state index contributed by atoms with van der Waals surface area (Å²) in [5, 5.41) is 7.56. The number of aryl methyl sites for hydroxylation is 2. The van der Waals surface area contributed by atoms with E-state index in [0.29, 0.717) is 15.7 Å². The van der Waals surface area contributed by atoms with E-state index in [2.05, 4.69) is 15.8 Å². The van der Waals surface area contributed by atoms with E-state index in [9.17, 15) is 9.59 Å². The number of hydrogen-bond donors (Lipinski definition) is 2. The molecule has 0 bridgehead atoms. The van der Waals surface area contributed by atoms with Crippen LogP contribution in [-0.2, 0) is 9.59 Å². The van der Waals surface area contributed by atoms with Gasteiger partial charge in [-0.3, -0.25) is 9.59 Å². The summed E-state index contributed by atoms with van der Waals surface area (Å²) >= 11 is 12.3. The lowest BCUT2D eigenvalue weighted by molar-refractivity contribution is -0.136. The average Bonchev–Trinajstić information content (AvgIpc) is 2.97. The quantitative estimate of drug-likeness (QED) is 0.345. The molecule has 0 aliphatic carbocycles. The standard InChI is InChI=1S/C22H20Cl2N4O2/c1-13-6-4-5-7-19(13)26-21(29)22(30)27-25-12-16-10-14(2)28(15(16)3)20-9-8-17(23)11-18(20)24/h4-12H,1-3H3,(H,26,29)(H,27,30)/b25-12-. The third kappa shape index (κ3) is 4.72. The fourth-order valence-corrected chi connectivity index (χ4v) is 3.55. The number of benzene rings is 2. The van der Waals surface area contributed by atoms with Crippen LogP contribution in [0.5, 0.6) is 0 Å². The van der Waals surface area contributed by atoms with Crippen LogP contribution in [0.15, 0.2) is 53.6 Å². The molecule has 0 radical (unpaired) electrons. The maximum atomic E-state index is 12.1. The van der Waals surface area contributed by atoms with Gasteiger partial charge in [0, 0.05) is 27.7 Å². The third-order valence-electron chi connectivity index (χ3n) is 4.59. The minimum Gasteiger partial charge on any atom is -0.317 e. The van der Waals surface area contributed by atoms with Crippen LogP contribution in [0, 0.1) is 20.8 Å². The molecule has 0 atom stereocenters. The van der Waals surface area contributed by atoms with Gasteiger partial charge in [-0.1, -0.05) is 41.4 Å². The maximum absolute atomic E-state index is 12.1. The van der Waals surface area contributed by atoms with Gasteiger partial charge in [0.15, 0.2) is 0 Å². The van der Waals surface area contributed by atoms with Crippen molar-refractivity contribution in [1.29, 1.82) is 0 Å². The smallest absolute Gasteiger partial charge is 0.317 e. The van der Waals surface area contributed by atoms with Crippen LogP contribution in [0.1, 0.15) is 22.5 Å². The molecule has 0 unspecified atom stereocenters. The van der Waals surface area contributed by atoms with Crippen molar-refractivity contribution in [3.05, 3.63) is 81.1 Å². The summed E-state index contributed by atoms with van der Waals surface area (Å²) in [4.78, 5) is 24.1. The molecule has 0 saturated heterocycles. The fourth-order valence-electron chi connectivity index (χ4n) is 3.06. The number of anilines is 1. The van der Waals surface area contributed by atoms with Crippen LogP contribution in [-0.4, -0.2) is 22.6 Å². The van der Waals surface area contributed by atoms with Crippen LogP contribution in [0.25, 0.3) is 5.69 Å². The van der Waals surface area contributed by atoms with Gasteiger partial charge in [-0.25, -0.2) is 5.43 Å². The number of aromatic nitrogens is 1. The van der Waals surface area contributed by atoms with Gasteiger partial charge >= 0.3 is 11.8 Å². The Morgan fingerprint density at radius 1 is 1.00 bits per heavy atom. The van der Waals surface area contributed by atoms with E-state index in [1.807, 2.05) is 49.6 Å². The Bertz CT molecular complexity index is 1150. The Balaban J connectivity index is 1.71. The van der Waals surface area contributed by atoms with Crippen LogP contribution >= 0.6 is 23.2 Å². The second kappa shape index (κ2) is 9.15. The summed E-state index contributed by atoms with van der Waals surface area (Å²) in [6, 6.07) is 14.4. The van der Waals surface area contributed by atoms with Gasteiger partial charge in [-0.2, -0.15) is 5.10 Å². The molecule has 3 aromatic rings. The van der Waals surface area contributed by atoms with Crippen molar-refractivity contribution in [2.24, 2.45) is 5.10 Å². The normalized spacial score (nSPS) is 11.0. The molecule has 2 aromatic carbocycles. The first-order valence-corrected chi connectivity index (χ1v) is 9.88. The van der Waals surface area contributed by atoms with Gasteiger partial charge in [-0.15, -0.1) is 0 Å². The highest BCUT2D eigenvalue weighted by molar-refractivity contribution is 6.39. The Hall–Kier alpha value is -3.09. The number of carbonyl (C=O) groups is 2. The number of hydrazone groups is 1. The molecule has 0 aliphatic rings. The van der Waals surface area contributed by atoms with E-state index < -0.39 is 11.8 Å². The van der Waals surface area contributed by atoms with E-state index >= 15 is 0 Å². The summed E-state index contributed by atoms with van der Waals surface area (Å²) in [5.74, 6) is -1.65. The molecule has 0 fully saturated rings. The van der Waals surface area contributed by atoms with Crippen molar-refractivity contribution < 1.29 is 9.59 Å². The van der Waals surface area contributed by atoms with Gasteiger partial charge in [0.1, 0.15) is 0 Å². The van der Waals surface area contributed by atoms with Gasteiger partial charge in [0.25, 0.3) is 0 Å². The maximum Gasteiger partial charge on any atom is 0.329 e. The minimum absolute atomic E-state index is 0.522. The Labute approximate surface area is 184 Å². The molecule has 3 rings (SSSR count). The van der Waals surface area contributed by atoms with Crippen molar-refractivity contribution in [3.8, 4) is 5.69 Å². The first-order chi connectivity index (χ1) is 14.3. The molecule has 0 spiro atoms. The third-order valence-corrected chi connectivity index (χ3v) is 5.13. The van der Waals surface area contributed by atoms with Gasteiger partial charge < -0.3 is 9.88 Å². The summed E-state index contributed by atoms with van der Waals surface area (Å²) in [5.41, 5.74) is 7.05. The number of carbonyl (C=O) groups excluding carboxylic acids is 2. The SMILES string of the molecule is Cc1ccccc1NC(=O)C(=O)N/N=C\c1cc(C)n(-c2ccc(Cl)cc2Cl)c1C. The summed E-state index contributed by atoms with van der Waals surface area (Å²) < 4.78 is 1.97. The number of nitrogens with one attached hydrogen (secondary N) is 2. The molecule has 1 aromatic heterocycles. The zero-order valence-electron chi connectivity index (χ0n) is 16.7. The Morgan fingerprint density at radius 3 is 2.43 bits per heavy atom. The number of para-hydroxylation sites is 1. The molecule has 1 heterocycles. The topological polar surface area (TPSA) is 75.5 Å². The number of rotatable bonds is 4. The summed E-state index contributed by atoms with van der Waals surface area (Å²) in [6.45, 7) is 5.68. The monoisotopic (exact) mass is 442 g/mol. The number of halogens is 2. The zero-order valence-corrected chi connectivity index (χ0v) is 18.2. The lowest BCUT2D eigenvalue weighted by atomic mass is 10.2. The van der Waals surface area contributed by atoms with E-state index in [1.54, 1.807) is 24.3 Å². The lowest BCUT2D eigenvalue weighted by Crippen LogP contribution is -2.32. The highest BCUT2D eigenvalue weighted by atomic mass is 35.5. The van der Waals surface area contributed by atoms with Crippen LogP contribution in [0.2, 0.25) is 10.0 Å². The van der Waals surface area contributed by atoms with Crippen molar-refractivity contribution in [1.82, 2.24) is 9.99 Å². The molecule has 30 heavy (non-hydrogen) atoms. The summed E-state index contributed by atoms with van der Waals surface area (Å²) in [7, 11) is 0. The Morgan fingerprint density at radius 2 is 1.73 bits per heavy atom. The highest BCUT2D eigenvalue weighted by Crippen LogP contribution is 2.28. The van der Waals surface area contributed by atoms with Crippen LogP contribution in [0.4, 0.5) is 5.69 Å². The van der Waals surface area contributed by atoms with Gasteiger partial charge in [0.2, 0.25) is 0 Å². The second-order valence-corrected chi connectivity index (χ2v) is 7.57. The van der Waals surface area contributed by atoms with Crippen molar-refractivity contribution in [3.63, 3.8) is 0 Å². The van der Waals surface area contributed by atoms with Crippen LogP contribution in [0.3, 0.4) is 0 Å². The minimum atomic E-state index is -0.857. The molecule has 2 amide bonds. The largest absolute Gasteiger partial charge is 0.329 e. The molecule has 8 heteroatoms. The van der Waals surface area contributed by atoms with Crippen molar-refractivity contribution in [2.75, 3.05) is 5.32 Å². The number of amides is 2. The molecule has 2 N–H and O–H groups in total. The second-order valence-electron chi connectivity index (χ2n) is 6.73. The molecule has 0 saturated carbocycles. The lowest BCUT2D eigenvalue weighted by Gasteiger charge is -2.11. The number of nitrogens with zero attached hydrogens (tertiary/aromatic N) is 2. The molecule has 6 nitrogen and oxygen atoms in total. The molecular weight excluding hydrogens is 423 g/mol. The fraction of sp³-hybridized carbons (Fsp3) is 0.136. The van der Waals surface area contributed by atoms with Crippen LogP contribution < -0.4 is 10.7 Å². The zero-order chi connectivity index (χ0) is 21.8. The molecule has 0 aliphatic heterocycles. The predicted molar refractivity (Wildman–Crippen MR) is 121 cm³/mol. The van der Waals surface area contributed by atoms with Crippen molar-refractivity contribution in [2.45, 2.75) is 20.8 Å². The van der Waals surface area contributed by atoms with E-state index in [-0.39, 0.29) is 0 Å². The van der Waals surface area contributed by atoms with Crippen molar-refractivity contribution >= 4 is 46.9 Å². The average molecular weight is 443 g/mol. The van der Waals surface area contributed by atoms with E-state index in [1.165, 1.54) is 6.21 Å². The molecular formula is C22H20Cl2N4O2. The molecule has 154 valence electrons. The Kier molecular flexibility index (Phi) is 6.59. The van der Waals surface area contributed by atoms with Gasteiger partial charge in [-0.05, 0) is 56.7 Å². The first-order valence-electron chi connectivity index (χ1n) is 9.12. The highest BCUT2D eigenvalue weighted by Gasteiger charge is 2.15. The first kappa shape index (κ1) is 21.6. The number of hydrogen-bond acceptors (Lipinski definition) is 3.